The van der Waals surface area contributed by atoms with Crippen molar-refractivity contribution in [1.82, 2.24) is 9.55 Å². The predicted octanol–water partition coefficient (Wildman–Crippen LogP) is 2.05. The van der Waals surface area contributed by atoms with Gasteiger partial charge in [-0.25, -0.2) is 4.98 Å². The molecule has 0 aliphatic carbocycles. The van der Waals surface area contributed by atoms with E-state index in [1.807, 2.05) is 18.2 Å². The minimum absolute atomic E-state index is 0.134. The number of carbonyl (C=O) groups excluding carboxylic acids is 1. The molecule has 0 aliphatic rings. The molecule has 0 spiro atoms. The zero-order valence-electron chi connectivity index (χ0n) is 13.9. The van der Waals surface area contributed by atoms with Crippen LogP contribution in [0.3, 0.4) is 0 Å². The van der Waals surface area contributed by atoms with Gasteiger partial charge in [-0.3, -0.25) is 14.2 Å². The maximum atomic E-state index is 12.6. The summed E-state index contributed by atoms with van der Waals surface area (Å²) >= 11 is 0. The molecule has 25 heavy (non-hydrogen) atoms. The number of ether oxygens (including phenoxy) is 2. The Morgan fingerprint density at radius 2 is 1.80 bits per heavy atom. The van der Waals surface area contributed by atoms with E-state index in [4.69, 9.17) is 9.47 Å². The second-order valence-electron chi connectivity index (χ2n) is 5.32. The van der Waals surface area contributed by atoms with Gasteiger partial charge in [-0.2, -0.15) is 0 Å². The van der Waals surface area contributed by atoms with Crippen molar-refractivity contribution in [2.75, 3.05) is 19.5 Å². The summed E-state index contributed by atoms with van der Waals surface area (Å²) in [5, 5.41) is 3.09. The minimum atomic E-state index is -0.325. The molecule has 1 heterocycles. The molecule has 0 aliphatic heterocycles. The van der Waals surface area contributed by atoms with Crippen molar-refractivity contribution in [3.8, 4) is 11.5 Å². The van der Waals surface area contributed by atoms with Crippen LogP contribution in [0.4, 0.5) is 5.69 Å². The SMILES string of the molecule is COc1cc2ncn(CC(=O)Nc3ccccc3)c(=O)c2cc1OC. The van der Waals surface area contributed by atoms with E-state index in [0.717, 1.165) is 0 Å². The lowest BCUT2D eigenvalue weighted by atomic mass is 10.2. The monoisotopic (exact) mass is 339 g/mol. The number of nitrogens with one attached hydrogen (secondary N) is 1. The van der Waals surface area contributed by atoms with Crippen LogP contribution in [0.5, 0.6) is 11.5 Å². The van der Waals surface area contributed by atoms with Crippen LogP contribution >= 0.6 is 0 Å². The molecule has 128 valence electrons. The number of rotatable bonds is 5. The predicted molar refractivity (Wildman–Crippen MR) is 94.2 cm³/mol. The quantitative estimate of drug-likeness (QED) is 0.769. The van der Waals surface area contributed by atoms with E-state index in [1.165, 1.54) is 25.1 Å². The number of para-hydroxylation sites is 1. The Hall–Kier alpha value is -3.35. The highest BCUT2D eigenvalue weighted by Gasteiger charge is 2.12. The van der Waals surface area contributed by atoms with Gasteiger partial charge in [0.05, 0.1) is 31.4 Å². The highest BCUT2D eigenvalue weighted by Crippen LogP contribution is 2.29. The van der Waals surface area contributed by atoms with E-state index >= 15 is 0 Å². The van der Waals surface area contributed by atoms with Gasteiger partial charge < -0.3 is 14.8 Å². The molecule has 3 aromatic rings. The fourth-order valence-corrected chi connectivity index (χ4v) is 2.47. The molecule has 2 aromatic carbocycles. The second kappa shape index (κ2) is 7.04. The maximum Gasteiger partial charge on any atom is 0.261 e. The van der Waals surface area contributed by atoms with E-state index in [2.05, 4.69) is 10.3 Å². The Morgan fingerprint density at radius 3 is 2.48 bits per heavy atom. The molecule has 0 unspecified atom stereocenters. The maximum absolute atomic E-state index is 12.6. The molecule has 0 radical (unpaired) electrons. The van der Waals surface area contributed by atoms with Crippen LogP contribution in [0.1, 0.15) is 0 Å². The third-order valence-electron chi connectivity index (χ3n) is 3.70. The van der Waals surface area contributed by atoms with E-state index in [0.29, 0.717) is 28.1 Å². The van der Waals surface area contributed by atoms with Gasteiger partial charge in [0.2, 0.25) is 5.91 Å². The first-order valence-electron chi connectivity index (χ1n) is 7.58. The van der Waals surface area contributed by atoms with Crippen molar-refractivity contribution in [3.63, 3.8) is 0 Å². The molecule has 7 nitrogen and oxygen atoms in total. The Morgan fingerprint density at radius 1 is 1.12 bits per heavy atom. The molecule has 0 bridgehead atoms. The van der Waals surface area contributed by atoms with E-state index in [9.17, 15) is 9.59 Å². The smallest absolute Gasteiger partial charge is 0.261 e. The van der Waals surface area contributed by atoms with Gasteiger partial charge >= 0.3 is 0 Å². The van der Waals surface area contributed by atoms with Crippen molar-refractivity contribution in [3.05, 3.63) is 59.1 Å². The van der Waals surface area contributed by atoms with Crippen LogP contribution in [-0.4, -0.2) is 29.7 Å². The molecular formula is C18H17N3O4. The zero-order valence-corrected chi connectivity index (χ0v) is 13.9. The van der Waals surface area contributed by atoms with Crippen LogP contribution < -0.4 is 20.3 Å². The average Bonchev–Trinajstić information content (AvgIpc) is 2.64. The highest BCUT2D eigenvalue weighted by molar-refractivity contribution is 5.90. The highest BCUT2D eigenvalue weighted by atomic mass is 16.5. The van der Waals surface area contributed by atoms with E-state index in [1.54, 1.807) is 24.3 Å². The van der Waals surface area contributed by atoms with Crippen LogP contribution in [0.25, 0.3) is 10.9 Å². The normalized spacial score (nSPS) is 10.5. The Bertz CT molecular complexity index is 967. The second-order valence-corrected chi connectivity index (χ2v) is 5.32. The Labute approximate surface area is 143 Å². The third kappa shape index (κ3) is 3.45. The number of aromatic nitrogens is 2. The molecule has 0 fully saturated rings. The summed E-state index contributed by atoms with van der Waals surface area (Å²) in [6.45, 7) is -0.134. The zero-order chi connectivity index (χ0) is 17.8. The number of methoxy groups -OCH3 is 2. The van der Waals surface area contributed by atoms with Gasteiger partial charge in [0, 0.05) is 11.8 Å². The minimum Gasteiger partial charge on any atom is -0.493 e. The number of amides is 1. The Kier molecular flexibility index (Phi) is 4.65. The van der Waals surface area contributed by atoms with Gasteiger partial charge in [0.15, 0.2) is 11.5 Å². The van der Waals surface area contributed by atoms with Gasteiger partial charge in [0.1, 0.15) is 6.54 Å². The lowest BCUT2D eigenvalue weighted by molar-refractivity contribution is -0.116. The molecule has 0 saturated heterocycles. The van der Waals surface area contributed by atoms with Crippen molar-refractivity contribution in [1.29, 1.82) is 0 Å². The van der Waals surface area contributed by atoms with Gasteiger partial charge in [-0.1, -0.05) is 18.2 Å². The summed E-state index contributed by atoms with van der Waals surface area (Å²) < 4.78 is 11.7. The summed E-state index contributed by atoms with van der Waals surface area (Å²) in [5.41, 5.74) is 0.817. The van der Waals surface area contributed by atoms with Gasteiger partial charge in [0.25, 0.3) is 5.56 Å². The summed E-state index contributed by atoms with van der Waals surface area (Å²) in [5.74, 6) is 0.608. The first kappa shape index (κ1) is 16.5. The fraction of sp³-hybridized carbons (Fsp3) is 0.167. The molecule has 0 atom stereocenters. The van der Waals surface area contributed by atoms with E-state index < -0.39 is 0 Å². The molecule has 0 saturated carbocycles. The first-order valence-corrected chi connectivity index (χ1v) is 7.58. The summed E-state index contributed by atoms with van der Waals surface area (Å²) in [7, 11) is 3.00. The summed E-state index contributed by atoms with van der Waals surface area (Å²) in [6, 6.07) is 12.2. The summed E-state index contributed by atoms with van der Waals surface area (Å²) in [4.78, 5) is 29.0. The molecule has 1 aromatic heterocycles. The van der Waals surface area contributed by atoms with Crippen molar-refractivity contribution >= 4 is 22.5 Å². The Balaban J connectivity index is 1.91. The average molecular weight is 339 g/mol. The molecule has 3 rings (SSSR count). The van der Waals surface area contributed by atoms with Gasteiger partial charge in [-0.05, 0) is 18.2 Å². The van der Waals surface area contributed by atoms with Crippen LogP contribution in [0, 0.1) is 0 Å². The lowest BCUT2D eigenvalue weighted by Gasteiger charge is -2.10. The van der Waals surface area contributed by atoms with Crippen LogP contribution in [0.2, 0.25) is 0 Å². The van der Waals surface area contributed by atoms with E-state index in [-0.39, 0.29) is 18.0 Å². The van der Waals surface area contributed by atoms with Crippen LogP contribution in [-0.2, 0) is 11.3 Å². The number of carbonyl (C=O) groups is 1. The topological polar surface area (TPSA) is 82.5 Å². The number of nitrogens with zero attached hydrogens (tertiary/aromatic N) is 2. The van der Waals surface area contributed by atoms with Crippen molar-refractivity contribution < 1.29 is 14.3 Å². The summed E-state index contributed by atoms with van der Waals surface area (Å²) in [6.07, 6.45) is 1.35. The first-order chi connectivity index (χ1) is 12.1. The number of anilines is 1. The van der Waals surface area contributed by atoms with Crippen LogP contribution in [0.15, 0.2) is 53.6 Å². The number of fused-ring (bicyclic) bond motifs is 1. The molecular weight excluding hydrogens is 322 g/mol. The molecule has 1 amide bonds. The number of hydrogen-bond donors (Lipinski definition) is 1. The standard InChI is InChI=1S/C18H17N3O4/c1-24-15-8-13-14(9-16(15)25-2)19-11-21(18(13)23)10-17(22)20-12-6-4-3-5-7-12/h3-9,11H,10H2,1-2H3,(H,20,22). The van der Waals surface area contributed by atoms with Gasteiger partial charge in [-0.15, -0.1) is 0 Å². The lowest BCUT2D eigenvalue weighted by Crippen LogP contribution is -2.27. The number of hydrogen-bond acceptors (Lipinski definition) is 5. The largest absolute Gasteiger partial charge is 0.493 e. The fourth-order valence-electron chi connectivity index (χ4n) is 2.47. The van der Waals surface area contributed by atoms with Crippen molar-refractivity contribution in [2.45, 2.75) is 6.54 Å². The molecule has 1 N–H and O–H groups in total. The third-order valence-corrected chi connectivity index (χ3v) is 3.70. The number of benzene rings is 2. The molecule has 7 heteroatoms. The van der Waals surface area contributed by atoms with Crippen molar-refractivity contribution in [2.24, 2.45) is 0 Å².